The van der Waals surface area contributed by atoms with E-state index in [1.807, 2.05) is 6.92 Å². The monoisotopic (exact) mass is 346 g/mol. The van der Waals surface area contributed by atoms with Gasteiger partial charge in [-0.2, -0.15) is 0 Å². The summed E-state index contributed by atoms with van der Waals surface area (Å²) in [4.78, 5) is 28.3. The lowest BCUT2D eigenvalue weighted by molar-refractivity contribution is -0.936. The van der Waals surface area contributed by atoms with Gasteiger partial charge in [-0.25, -0.2) is 9.64 Å². The van der Waals surface area contributed by atoms with Gasteiger partial charge >= 0.3 is 5.97 Å². The molecule has 0 aliphatic heterocycles. The second kappa shape index (κ2) is 8.63. The predicted molar refractivity (Wildman–Crippen MR) is 98.8 cm³/mol. The molecule has 0 spiro atoms. The smallest absolute Gasteiger partial charge is 0.338 e. The van der Waals surface area contributed by atoms with Crippen molar-refractivity contribution >= 4 is 23.3 Å². The molecule has 0 bridgehead atoms. The Morgan fingerprint density at radius 1 is 1.24 bits per heavy atom. The number of rotatable bonds is 7. The Kier molecular flexibility index (Phi) is 7.13. The standard InChI is InChI=1S/C19H27N3O3/c1-8-22(9-2,10-3)14(5)18(23)21-17-13(4)11-15(20-6)12-16(17)19(24)25-7/h11-12,14H,8-10H2,1-5,7H3/p+1. The van der Waals surface area contributed by atoms with E-state index >= 15 is 0 Å². The van der Waals surface area contributed by atoms with Crippen molar-refractivity contribution in [2.24, 2.45) is 0 Å². The second-order valence-electron chi connectivity index (χ2n) is 6.12. The maximum atomic E-state index is 12.9. The number of nitrogens with one attached hydrogen (secondary N) is 1. The van der Waals surface area contributed by atoms with Crippen LogP contribution < -0.4 is 5.32 Å². The summed E-state index contributed by atoms with van der Waals surface area (Å²) in [5.41, 5.74) is 1.62. The Bertz CT molecular complexity index is 680. The zero-order chi connectivity index (χ0) is 19.2. The first kappa shape index (κ1) is 20.7. The molecule has 1 aromatic rings. The van der Waals surface area contributed by atoms with Gasteiger partial charge in [0.25, 0.3) is 5.91 Å². The highest BCUT2D eigenvalue weighted by Gasteiger charge is 2.35. The van der Waals surface area contributed by atoms with Crippen molar-refractivity contribution in [1.82, 2.24) is 0 Å². The summed E-state index contributed by atoms with van der Waals surface area (Å²) >= 11 is 0. The van der Waals surface area contributed by atoms with Crippen LogP contribution in [0.2, 0.25) is 0 Å². The number of benzene rings is 1. The van der Waals surface area contributed by atoms with Crippen LogP contribution in [0.4, 0.5) is 11.4 Å². The molecule has 1 rings (SSSR count). The van der Waals surface area contributed by atoms with E-state index in [1.165, 1.54) is 13.2 Å². The Hall–Kier alpha value is -2.39. The van der Waals surface area contributed by atoms with Crippen LogP contribution in [0.1, 0.15) is 43.6 Å². The van der Waals surface area contributed by atoms with Gasteiger partial charge in [0.2, 0.25) is 0 Å². The van der Waals surface area contributed by atoms with Gasteiger partial charge in [-0.15, -0.1) is 0 Å². The van der Waals surface area contributed by atoms with Crippen molar-refractivity contribution in [2.45, 2.75) is 40.7 Å². The van der Waals surface area contributed by atoms with Crippen molar-refractivity contribution < 1.29 is 18.8 Å². The number of nitrogens with zero attached hydrogens (tertiary/aromatic N) is 2. The molecule has 6 nitrogen and oxygen atoms in total. The Labute approximate surface area is 150 Å². The van der Waals surface area contributed by atoms with E-state index in [0.717, 1.165) is 19.6 Å². The molecule has 1 unspecified atom stereocenters. The van der Waals surface area contributed by atoms with Gasteiger partial charge in [0.05, 0.1) is 44.6 Å². The molecule has 25 heavy (non-hydrogen) atoms. The average molecular weight is 346 g/mol. The van der Waals surface area contributed by atoms with Crippen molar-refractivity contribution in [3.63, 3.8) is 0 Å². The lowest BCUT2D eigenvalue weighted by Gasteiger charge is -2.40. The molecule has 0 aliphatic rings. The minimum atomic E-state index is -0.571. The molecule has 1 aromatic carbocycles. The van der Waals surface area contributed by atoms with Crippen LogP contribution in [-0.4, -0.2) is 49.1 Å². The molecule has 0 aromatic heterocycles. The summed E-state index contributed by atoms with van der Waals surface area (Å²) in [7, 11) is 1.28. The minimum Gasteiger partial charge on any atom is -0.465 e. The van der Waals surface area contributed by atoms with Crippen molar-refractivity contribution in [1.29, 1.82) is 0 Å². The molecule has 0 fully saturated rings. The zero-order valence-corrected chi connectivity index (χ0v) is 16.0. The van der Waals surface area contributed by atoms with E-state index < -0.39 is 5.97 Å². The highest BCUT2D eigenvalue weighted by molar-refractivity contribution is 6.04. The molecule has 0 heterocycles. The first-order chi connectivity index (χ1) is 11.8. The molecular formula is C19H28N3O3+. The fourth-order valence-electron chi connectivity index (χ4n) is 3.24. The van der Waals surface area contributed by atoms with Gasteiger partial charge in [0, 0.05) is 0 Å². The maximum absolute atomic E-state index is 12.9. The lowest BCUT2D eigenvalue weighted by atomic mass is 10.1. The quantitative estimate of drug-likeness (QED) is 0.467. The van der Waals surface area contributed by atoms with E-state index in [-0.39, 0.29) is 17.5 Å². The van der Waals surface area contributed by atoms with Crippen molar-refractivity contribution in [2.75, 3.05) is 32.1 Å². The zero-order valence-electron chi connectivity index (χ0n) is 16.0. The Balaban J connectivity index is 3.28. The van der Waals surface area contributed by atoms with Gasteiger partial charge in [-0.1, -0.05) is 6.07 Å². The first-order valence-corrected chi connectivity index (χ1v) is 8.57. The fraction of sp³-hybridized carbons (Fsp3) is 0.526. The Morgan fingerprint density at radius 2 is 1.80 bits per heavy atom. The van der Waals surface area contributed by atoms with E-state index in [1.54, 1.807) is 13.0 Å². The van der Waals surface area contributed by atoms with E-state index in [4.69, 9.17) is 11.3 Å². The number of hydrogen-bond donors (Lipinski definition) is 1. The number of amides is 1. The van der Waals surface area contributed by atoms with E-state index in [0.29, 0.717) is 21.4 Å². The Morgan fingerprint density at radius 3 is 2.24 bits per heavy atom. The van der Waals surface area contributed by atoms with Gasteiger partial charge in [-0.05, 0) is 46.2 Å². The summed E-state index contributed by atoms with van der Waals surface area (Å²) in [5.74, 6) is -0.715. The van der Waals surface area contributed by atoms with Crippen LogP contribution in [0.15, 0.2) is 12.1 Å². The van der Waals surface area contributed by atoms with Crippen LogP contribution in [0.25, 0.3) is 4.85 Å². The number of carbonyl (C=O) groups excluding carboxylic acids is 2. The normalized spacial score (nSPS) is 12.2. The first-order valence-electron chi connectivity index (χ1n) is 8.57. The second-order valence-corrected chi connectivity index (χ2v) is 6.12. The molecule has 0 aliphatic carbocycles. The summed E-state index contributed by atoms with van der Waals surface area (Å²) in [6.07, 6.45) is 0. The number of hydrogen-bond acceptors (Lipinski definition) is 3. The van der Waals surface area contributed by atoms with Crippen LogP contribution in [0.3, 0.4) is 0 Å². The maximum Gasteiger partial charge on any atom is 0.338 e. The van der Waals surface area contributed by atoms with Gasteiger partial charge in [0.1, 0.15) is 0 Å². The van der Waals surface area contributed by atoms with Crippen molar-refractivity contribution in [3.05, 3.63) is 34.7 Å². The molecule has 136 valence electrons. The summed E-state index contributed by atoms with van der Waals surface area (Å²) in [5, 5.41) is 2.90. The lowest BCUT2D eigenvalue weighted by Crippen LogP contribution is -2.58. The summed E-state index contributed by atoms with van der Waals surface area (Å²) in [6.45, 7) is 19.6. The number of methoxy groups -OCH3 is 1. The number of ether oxygens (including phenoxy) is 1. The van der Waals surface area contributed by atoms with E-state index in [9.17, 15) is 9.59 Å². The SMILES string of the molecule is [C-]#[N+]c1cc(C)c(NC(=O)C(C)[N+](CC)(CC)CC)c(C(=O)OC)c1. The molecular weight excluding hydrogens is 318 g/mol. The average Bonchev–Trinajstić information content (AvgIpc) is 2.63. The van der Waals surface area contributed by atoms with Gasteiger partial charge in [0.15, 0.2) is 11.7 Å². The van der Waals surface area contributed by atoms with Crippen LogP contribution in [0, 0.1) is 13.5 Å². The van der Waals surface area contributed by atoms with Crippen LogP contribution in [0.5, 0.6) is 0 Å². The largest absolute Gasteiger partial charge is 0.465 e. The van der Waals surface area contributed by atoms with Crippen molar-refractivity contribution in [3.8, 4) is 0 Å². The molecule has 0 saturated heterocycles. The van der Waals surface area contributed by atoms with E-state index in [2.05, 4.69) is 30.9 Å². The molecule has 0 saturated carbocycles. The number of esters is 1. The number of quaternary nitrogens is 1. The highest BCUT2D eigenvalue weighted by Crippen LogP contribution is 2.28. The topological polar surface area (TPSA) is 59.8 Å². The number of anilines is 1. The highest BCUT2D eigenvalue weighted by atomic mass is 16.5. The van der Waals surface area contributed by atoms with Gasteiger partial charge < -0.3 is 14.5 Å². The summed E-state index contributed by atoms with van der Waals surface area (Å²) in [6, 6.07) is 2.85. The molecule has 1 N–H and O–H groups in total. The van der Waals surface area contributed by atoms with Gasteiger partial charge in [-0.3, -0.25) is 4.79 Å². The summed E-state index contributed by atoms with van der Waals surface area (Å²) < 4.78 is 5.47. The fourth-order valence-corrected chi connectivity index (χ4v) is 3.24. The van der Waals surface area contributed by atoms with Crippen LogP contribution in [-0.2, 0) is 9.53 Å². The minimum absolute atomic E-state index is 0.144. The third kappa shape index (κ3) is 4.18. The molecule has 6 heteroatoms. The number of likely N-dealkylation sites (N-methyl/N-ethyl adjacent to an activating group) is 1. The number of carbonyl (C=O) groups is 2. The number of aryl methyl sites for hydroxylation is 1. The third-order valence-electron chi connectivity index (χ3n) is 5.19. The predicted octanol–water partition coefficient (Wildman–Crippen LogP) is 3.54. The third-order valence-corrected chi connectivity index (χ3v) is 5.19. The molecule has 1 atom stereocenters. The molecule has 0 radical (unpaired) electrons. The molecule has 1 amide bonds. The van der Waals surface area contributed by atoms with Crippen LogP contribution >= 0.6 is 0 Å².